The molecule has 1 saturated carbocycles. The van der Waals surface area contributed by atoms with Gasteiger partial charge in [0.05, 0.1) is 24.1 Å². The highest BCUT2D eigenvalue weighted by Crippen LogP contribution is 2.40. The summed E-state index contributed by atoms with van der Waals surface area (Å²) in [4.78, 5) is 32.8. The first-order chi connectivity index (χ1) is 19.1. The van der Waals surface area contributed by atoms with E-state index in [1.165, 1.54) is 0 Å². The van der Waals surface area contributed by atoms with Gasteiger partial charge in [-0.3, -0.25) is 4.79 Å². The lowest BCUT2D eigenvalue weighted by molar-refractivity contribution is -0.255. The van der Waals surface area contributed by atoms with Crippen LogP contribution in [0.4, 0.5) is 31.1 Å². The molecule has 1 saturated heterocycles. The van der Waals surface area contributed by atoms with Crippen LogP contribution < -0.4 is 10.6 Å². The number of alkyl halides is 6. The van der Waals surface area contributed by atoms with Crippen LogP contribution in [0.3, 0.4) is 0 Å². The second-order valence-corrected chi connectivity index (χ2v) is 10.1. The van der Waals surface area contributed by atoms with Crippen molar-refractivity contribution in [3.8, 4) is 0 Å². The summed E-state index contributed by atoms with van der Waals surface area (Å²) in [5, 5.41) is 12.1. The first-order valence-electron chi connectivity index (χ1n) is 12.4. The number of nitrogens with one attached hydrogen (secondary N) is 3. The summed E-state index contributed by atoms with van der Waals surface area (Å²) < 4.78 is 82.5. The Morgan fingerprint density at radius 3 is 2.44 bits per heavy atom. The number of hydrogen-bond donors (Lipinski definition) is 3. The van der Waals surface area contributed by atoms with Crippen molar-refractivity contribution in [1.29, 1.82) is 0 Å². The number of H-pyrrole nitrogens is 1. The molecule has 2 aromatic heterocycles. The fraction of sp³-hybridized carbons (Fsp3) is 0.542. The van der Waals surface area contributed by atoms with Crippen LogP contribution in [0.25, 0.3) is 11.0 Å². The number of aromatic nitrogens is 4. The summed E-state index contributed by atoms with van der Waals surface area (Å²) >= 11 is 0. The number of methoxy groups -OCH3 is 1. The number of rotatable bonds is 7. The Bertz CT molecular complexity index is 1400. The summed E-state index contributed by atoms with van der Waals surface area (Å²) in [6.45, 7) is 1.66. The van der Waals surface area contributed by atoms with Crippen molar-refractivity contribution >= 4 is 23.0 Å². The predicted octanol–water partition coefficient (Wildman–Crippen LogP) is 4.18. The Morgan fingerprint density at radius 1 is 1.17 bits per heavy atom. The van der Waals surface area contributed by atoms with Crippen molar-refractivity contribution in [2.24, 2.45) is 0 Å². The minimum Gasteiger partial charge on any atom is -0.369 e. The lowest BCUT2D eigenvalue weighted by Crippen LogP contribution is -2.40. The number of aromatic amines is 1. The zero-order chi connectivity index (χ0) is 30.2. The summed E-state index contributed by atoms with van der Waals surface area (Å²) in [5.41, 5.74) is 0.631. The van der Waals surface area contributed by atoms with Gasteiger partial charge in [0.2, 0.25) is 0 Å². The van der Waals surface area contributed by atoms with E-state index in [-0.39, 0.29) is 24.7 Å². The molecular weight excluding hydrogens is 564 g/mol. The van der Waals surface area contributed by atoms with Gasteiger partial charge in [0.1, 0.15) is 17.6 Å². The average Bonchev–Trinajstić information content (AvgIpc) is 3.29. The number of carbonyl (C=O) groups is 2. The Morgan fingerprint density at radius 2 is 1.88 bits per heavy atom. The Balaban J connectivity index is 0.000000374. The van der Waals surface area contributed by atoms with E-state index in [0.29, 0.717) is 28.1 Å². The van der Waals surface area contributed by atoms with Gasteiger partial charge in [0, 0.05) is 19.6 Å². The molecule has 1 aliphatic heterocycles. The fourth-order valence-corrected chi connectivity index (χ4v) is 3.76. The maximum atomic E-state index is 12.8. The molecule has 11 nitrogen and oxygen atoms in total. The molecule has 1 atom stereocenters. The summed E-state index contributed by atoms with van der Waals surface area (Å²) in [7, 11) is 1.04. The molecule has 1 aromatic carbocycles. The third-order valence-corrected chi connectivity index (χ3v) is 6.65. The number of hydrogen-bond acceptors (Lipinski definition) is 7. The molecule has 41 heavy (non-hydrogen) atoms. The number of nitrogens with zero attached hydrogens (tertiary/aromatic N) is 4. The number of fused-ring (bicyclic) bond motifs is 1. The van der Waals surface area contributed by atoms with E-state index in [1.807, 2.05) is 5.32 Å². The third kappa shape index (κ3) is 7.07. The number of amides is 3. The lowest BCUT2D eigenvalue weighted by Gasteiger charge is -2.25. The average molecular weight is 592 g/mol. The van der Waals surface area contributed by atoms with Crippen LogP contribution in [-0.2, 0) is 17.8 Å². The van der Waals surface area contributed by atoms with Gasteiger partial charge >= 0.3 is 18.4 Å². The van der Waals surface area contributed by atoms with Gasteiger partial charge in [-0.15, -0.1) is 0 Å². The molecule has 3 N–H and O–H groups in total. The van der Waals surface area contributed by atoms with E-state index in [2.05, 4.69) is 35.0 Å². The molecule has 2 aliphatic rings. The second kappa shape index (κ2) is 11.2. The monoisotopic (exact) mass is 591 g/mol. The van der Waals surface area contributed by atoms with E-state index < -0.39 is 42.5 Å². The van der Waals surface area contributed by atoms with Gasteiger partial charge < -0.3 is 25.3 Å². The molecule has 0 radical (unpaired) electrons. The van der Waals surface area contributed by atoms with Gasteiger partial charge in [-0.25, -0.2) is 14.4 Å². The molecule has 3 heterocycles. The van der Waals surface area contributed by atoms with E-state index >= 15 is 0 Å². The lowest BCUT2D eigenvalue weighted by atomic mass is 10.1. The largest absolute Gasteiger partial charge is 0.416 e. The number of halogens is 6. The van der Waals surface area contributed by atoms with Gasteiger partial charge in [-0.1, -0.05) is 11.2 Å². The van der Waals surface area contributed by atoms with Crippen molar-refractivity contribution in [2.45, 2.75) is 69.7 Å². The van der Waals surface area contributed by atoms with Crippen molar-refractivity contribution < 1.29 is 45.3 Å². The van der Waals surface area contributed by atoms with Gasteiger partial charge in [0.25, 0.3) is 5.91 Å². The molecule has 1 unspecified atom stereocenters. The van der Waals surface area contributed by atoms with E-state index in [1.54, 1.807) is 18.2 Å². The van der Waals surface area contributed by atoms with Crippen LogP contribution >= 0.6 is 0 Å². The molecular formula is C24H27F6N7O4. The maximum absolute atomic E-state index is 12.8. The van der Waals surface area contributed by atoms with Crippen LogP contribution in [0.15, 0.2) is 22.8 Å². The SMILES string of the molecule is COC(C)(C)C(F)(F)F.O=C(NCc1nc2ccc(CN3CC(C(F)(F)F)NC3=O)cc2[nH]1)c1nonc1C1CC1. The van der Waals surface area contributed by atoms with Gasteiger partial charge in [-0.05, 0) is 49.5 Å². The number of imidazole rings is 1. The zero-order valence-electron chi connectivity index (χ0n) is 22.1. The Kier molecular flexibility index (Phi) is 8.20. The molecule has 1 aliphatic carbocycles. The Labute approximate surface area is 228 Å². The molecule has 3 amide bonds. The second-order valence-electron chi connectivity index (χ2n) is 10.1. The maximum Gasteiger partial charge on any atom is 0.416 e. The van der Waals surface area contributed by atoms with Gasteiger partial charge in [0.15, 0.2) is 11.3 Å². The highest BCUT2D eigenvalue weighted by atomic mass is 19.4. The van der Waals surface area contributed by atoms with Crippen molar-refractivity contribution in [3.63, 3.8) is 0 Å². The van der Waals surface area contributed by atoms with E-state index in [4.69, 9.17) is 0 Å². The number of carbonyl (C=O) groups excluding carboxylic acids is 2. The predicted molar refractivity (Wildman–Crippen MR) is 129 cm³/mol. The first-order valence-corrected chi connectivity index (χ1v) is 12.4. The normalized spacial score (nSPS) is 17.8. The van der Waals surface area contributed by atoms with Crippen LogP contribution in [0, 0.1) is 0 Å². The minimum atomic E-state index is -4.49. The molecule has 0 bridgehead atoms. The fourth-order valence-electron chi connectivity index (χ4n) is 3.76. The topological polar surface area (TPSA) is 138 Å². The highest BCUT2D eigenvalue weighted by Gasteiger charge is 2.48. The van der Waals surface area contributed by atoms with E-state index in [9.17, 15) is 35.9 Å². The van der Waals surface area contributed by atoms with Crippen LogP contribution in [0.1, 0.15) is 60.2 Å². The summed E-state index contributed by atoms with van der Waals surface area (Å²) in [5.74, 6) is 0.301. The number of urea groups is 1. The molecule has 224 valence electrons. The highest BCUT2D eigenvalue weighted by molar-refractivity contribution is 5.93. The van der Waals surface area contributed by atoms with E-state index in [0.717, 1.165) is 38.7 Å². The summed E-state index contributed by atoms with van der Waals surface area (Å²) in [6, 6.07) is 2.49. The number of benzene rings is 1. The molecule has 3 aromatic rings. The zero-order valence-corrected chi connectivity index (χ0v) is 22.1. The van der Waals surface area contributed by atoms with Gasteiger partial charge in [-0.2, -0.15) is 26.3 Å². The standard InChI is InChI=1S/C19H18F3N7O3.C5H9F3O/c20-19(21,22)13-8-29(18(31)26-13)7-9-1-4-11-12(5-9)25-14(24-11)6-23-17(30)16-15(10-2-3-10)27-32-28-16;1-4(2,9-3)5(6,7)8/h1,4-5,10,13H,2-3,6-8H2,(H,23,30)(H,24,25)(H,26,31);1-3H3. The molecule has 0 spiro atoms. The van der Waals surface area contributed by atoms with Crippen LogP contribution in [0.5, 0.6) is 0 Å². The van der Waals surface area contributed by atoms with Crippen molar-refractivity contribution in [1.82, 2.24) is 35.8 Å². The Hall–Kier alpha value is -3.89. The van der Waals surface area contributed by atoms with Crippen LogP contribution in [-0.4, -0.2) is 74.8 Å². The molecule has 2 fully saturated rings. The first kappa shape index (κ1) is 30.1. The van der Waals surface area contributed by atoms with Crippen LogP contribution in [0.2, 0.25) is 0 Å². The van der Waals surface area contributed by atoms with Crippen molar-refractivity contribution in [3.05, 3.63) is 41.0 Å². The minimum absolute atomic E-state index is 0.0303. The smallest absolute Gasteiger partial charge is 0.369 e. The quantitative estimate of drug-likeness (QED) is 0.351. The third-order valence-electron chi connectivity index (χ3n) is 6.65. The molecule has 5 rings (SSSR count). The molecule has 17 heteroatoms. The van der Waals surface area contributed by atoms with Crippen molar-refractivity contribution in [2.75, 3.05) is 13.7 Å². The summed E-state index contributed by atoms with van der Waals surface area (Å²) in [6.07, 6.45) is -6.85. The number of ether oxygens (including phenoxy) is 1.